The number of carboxylic acids is 1. The summed E-state index contributed by atoms with van der Waals surface area (Å²) < 4.78 is 0. The fraction of sp³-hybridized carbons (Fsp3) is 0.381. The van der Waals surface area contributed by atoms with Crippen molar-refractivity contribution in [2.45, 2.75) is 31.7 Å². The zero-order valence-electron chi connectivity index (χ0n) is 16.2. The van der Waals surface area contributed by atoms with Crippen molar-refractivity contribution >= 4 is 40.5 Å². The molecule has 0 saturated heterocycles. The van der Waals surface area contributed by atoms with Gasteiger partial charge in [0.25, 0.3) is 0 Å². The van der Waals surface area contributed by atoms with Crippen LogP contribution in [0.15, 0.2) is 25.0 Å². The maximum atomic E-state index is 12.0. The highest BCUT2D eigenvalue weighted by molar-refractivity contribution is 6.31. The zero-order valence-corrected chi connectivity index (χ0v) is 16.9. The average molecular weight is 425 g/mol. The molecule has 0 radical (unpaired) electrons. The Kier molecular flexibility index (Phi) is 4.66. The summed E-state index contributed by atoms with van der Waals surface area (Å²) in [5.74, 6) is 0.395. The van der Waals surface area contributed by atoms with E-state index in [0.29, 0.717) is 33.9 Å². The molecular weight excluding hydrogens is 404 g/mol. The molecule has 2 atom stereocenters. The van der Waals surface area contributed by atoms with E-state index in [9.17, 15) is 9.90 Å². The Labute approximate surface area is 177 Å². The minimum Gasteiger partial charge on any atom is -0.481 e. The lowest BCUT2D eigenvalue weighted by atomic mass is 9.61. The van der Waals surface area contributed by atoms with Gasteiger partial charge in [0.15, 0.2) is 11.5 Å². The third-order valence-electron chi connectivity index (χ3n) is 6.44. The predicted molar refractivity (Wildman–Crippen MR) is 114 cm³/mol. The van der Waals surface area contributed by atoms with Gasteiger partial charge in [-0.15, -0.1) is 0 Å². The van der Waals surface area contributed by atoms with Crippen LogP contribution in [0.25, 0.3) is 28.6 Å². The highest BCUT2D eigenvalue weighted by Gasteiger charge is 2.47. The molecule has 3 aliphatic carbocycles. The average Bonchev–Trinajstić information content (AvgIpc) is 3.17. The number of hydrogen-bond donors (Lipinski definition) is 3. The summed E-state index contributed by atoms with van der Waals surface area (Å²) in [4.78, 5) is 25.4. The highest BCUT2D eigenvalue weighted by Crippen LogP contribution is 2.46. The summed E-state index contributed by atoms with van der Waals surface area (Å²) >= 11 is 6.10. The van der Waals surface area contributed by atoms with E-state index in [-0.39, 0.29) is 12.0 Å². The second-order valence-electron chi connectivity index (χ2n) is 8.03. The molecule has 6 rings (SSSR count). The van der Waals surface area contributed by atoms with Gasteiger partial charge in [-0.2, -0.15) is 5.10 Å². The van der Waals surface area contributed by atoms with Crippen LogP contribution in [-0.4, -0.2) is 42.3 Å². The van der Waals surface area contributed by atoms with E-state index in [1.807, 2.05) is 0 Å². The van der Waals surface area contributed by atoms with Crippen molar-refractivity contribution in [1.29, 1.82) is 0 Å². The van der Waals surface area contributed by atoms with Crippen LogP contribution in [-0.2, 0) is 4.79 Å². The van der Waals surface area contributed by atoms with Crippen molar-refractivity contribution in [2.75, 3.05) is 5.32 Å². The van der Waals surface area contributed by atoms with Gasteiger partial charge < -0.3 is 10.4 Å². The van der Waals surface area contributed by atoms with Crippen molar-refractivity contribution in [2.24, 2.45) is 17.8 Å². The second kappa shape index (κ2) is 7.36. The summed E-state index contributed by atoms with van der Waals surface area (Å²) in [6.45, 7) is 3.86. The molecule has 0 aromatic carbocycles. The van der Waals surface area contributed by atoms with Gasteiger partial charge in [0.1, 0.15) is 11.5 Å². The van der Waals surface area contributed by atoms with E-state index in [1.165, 1.54) is 6.20 Å². The molecule has 3 heterocycles. The molecule has 3 fully saturated rings. The molecule has 9 heteroatoms. The number of pyridine rings is 1. The number of H-pyrrole nitrogens is 1. The largest absolute Gasteiger partial charge is 0.481 e. The minimum absolute atomic E-state index is 0.161. The Bertz CT molecular complexity index is 1140. The van der Waals surface area contributed by atoms with E-state index in [1.54, 1.807) is 18.3 Å². The standard InChI is InChI=1S/C21H21ClN6O2/c1-2-10-8-23-20(17-14-7-13(22)9-24-19(14)28-27-17)26-18(10)25-16-12-5-3-11(4-6-12)15(16)21(29)30/h2,7-9,11-12,15-16H,1,3-6H2,(H,29,30)(H,23,25,26)(H,24,27,28). The molecule has 2 unspecified atom stereocenters. The Morgan fingerprint density at radius 1 is 1.23 bits per heavy atom. The fourth-order valence-electron chi connectivity index (χ4n) is 4.99. The van der Waals surface area contributed by atoms with Crippen LogP contribution in [0.3, 0.4) is 0 Å². The first kappa shape index (κ1) is 19.0. The number of rotatable bonds is 5. The summed E-state index contributed by atoms with van der Waals surface area (Å²) in [6, 6.07) is 1.60. The van der Waals surface area contributed by atoms with Crippen molar-refractivity contribution < 1.29 is 9.90 Å². The van der Waals surface area contributed by atoms with E-state index in [4.69, 9.17) is 16.6 Å². The zero-order chi connectivity index (χ0) is 20.8. The summed E-state index contributed by atoms with van der Waals surface area (Å²) in [7, 11) is 0. The summed E-state index contributed by atoms with van der Waals surface area (Å²) in [5, 5.41) is 21.7. The maximum Gasteiger partial charge on any atom is 0.308 e. The summed E-state index contributed by atoms with van der Waals surface area (Å²) in [6.07, 6.45) is 8.94. The van der Waals surface area contributed by atoms with Crippen molar-refractivity contribution in [1.82, 2.24) is 25.1 Å². The molecule has 3 saturated carbocycles. The van der Waals surface area contributed by atoms with Gasteiger partial charge >= 0.3 is 5.97 Å². The van der Waals surface area contributed by atoms with Gasteiger partial charge in [0.05, 0.1) is 16.3 Å². The quantitative estimate of drug-likeness (QED) is 0.566. The predicted octanol–water partition coefficient (Wildman–Crippen LogP) is 4.01. The van der Waals surface area contributed by atoms with Crippen LogP contribution in [0.4, 0.5) is 5.82 Å². The Hall–Kier alpha value is -3.00. The topological polar surface area (TPSA) is 117 Å². The maximum absolute atomic E-state index is 12.0. The monoisotopic (exact) mass is 424 g/mol. The number of hydrogen-bond acceptors (Lipinski definition) is 6. The van der Waals surface area contributed by atoms with Gasteiger partial charge in [-0.05, 0) is 43.6 Å². The normalized spacial score (nSPS) is 25.4. The molecule has 2 bridgehead atoms. The van der Waals surface area contributed by atoms with Crippen molar-refractivity contribution in [3.63, 3.8) is 0 Å². The molecule has 3 N–H and O–H groups in total. The van der Waals surface area contributed by atoms with Crippen LogP contribution in [0.5, 0.6) is 0 Å². The molecule has 154 valence electrons. The molecule has 0 spiro atoms. The molecule has 3 aliphatic rings. The third kappa shape index (κ3) is 3.11. The minimum atomic E-state index is -0.739. The van der Waals surface area contributed by atoms with Gasteiger partial charge in [-0.25, -0.2) is 15.0 Å². The number of anilines is 1. The Morgan fingerprint density at radius 3 is 2.73 bits per heavy atom. The Balaban J connectivity index is 1.54. The van der Waals surface area contributed by atoms with Gasteiger partial charge in [-0.1, -0.05) is 24.3 Å². The molecular formula is C21H21ClN6O2. The van der Waals surface area contributed by atoms with Crippen LogP contribution in [0, 0.1) is 17.8 Å². The SMILES string of the molecule is C=Cc1cnc(-c2[nH]nc3ncc(Cl)cc23)nc1NC1C2CCC(CC2)C1C(=O)O. The van der Waals surface area contributed by atoms with Crippen LogP contribution >= 0.6 is 11.6 Å². The number of nitrogens with one attached hydrogen (secondary N) is 2. The van der Waals surface area contributed by atoms with Crippen LogP contribution in [0.1, 0.15) is 31.2 Å². The lowest BCUT2D eigenvalue weighted by Gasteiger charge is -2.47. The number of halogens is 1. The first-order valence-corrected chi connectivity index (χ1v) is 10.4. The van der Waals surface area contributed by atoms with E-state index in [2.05, 4.69) is 32.1 Å². The number of aromatic nitrogens is 5. The fourth-order valence-corrected chi connectivity index (χ4v) is 5.15. The lowest BCUT2D eigenvalue weighted by molar-refractivity contribution is -0.148. The molecule has 0 aliphatic heterocycles. The number of aliphatic carboxylic acids is 1. The summed E-state index contributed by atoms with van der Waals surface area (Å²) in [5.41, 5.74) is 1.86. The van der Waals surface area contributed by atoms with Gasteiger partial charge in [0.2, 0.25) is 0 Å². The molecule has 30 heavy (non-hydrogen) atoms. The molecule has 8 nitrogen and oxygen atoms in total. The number of carboxylic acid groups (broad SMARTS) is 1. The highest BCUT2D eigenvalue weighted by atomic mass is 35.5. The molecule has 0 amide bonds. The van der Waals surface area contributed by atoms with Gasteiger partial charge in [-0.3, -0.25) is 9.89 Å². The van der Waals surface area contributed by atoms with Gasteiger partial charge in [0, 0.05) is 24.0 Å². The number of nitrogens with zero attached hydrogens (tertiary/aromatic N) is 4. The van der Waals surface area contributed by atoms with Crippen LogP contribution in [0.2, 0.25) is 5.02 Å². The third-order valence-corrected chi connectivity index (χ3v) is 6.65. The smallest absolute Gasteiger partial charge is 0.308 e. The Morgan fingerprint density at radius 2 is 2.00 bits per heavy atom. The van der Waals surface area contributed by atoms with Crippen molar-refractivity contribution in [3.05, 3.63) is 35.6 Å². The van der Waals surface area contributed by atoms with Crippen molar-refractivity contribution in [3.8, 4) is 11.5 Å². The number of fused-ring (bicyclic) bond motifs is 4. The first-order valence-electron chi connectivity index (χ1n) is 10.0. The second-order valence-corrected chi connectivity index (χ2v) is 8.47. The number of aromatic amines is 1. The van der Waals surface area contributed by atoms with E-state index in [0.717, 1.165) is 36.6 Å². The first-order chi connectivity index (χ1) is 14.5. The lowest BCUT2D eigenvalue weighted by Crippen LogP contribution is -2.51. The van der Waals surface area contributed by atoms with E-state index >= 15 is 0 Å². The van der Waals surface area contributed by atoms with Crippen LogP contribution < -0.4 is 5.32 Å². The molecule has 3 aromatic rings. The molecule has 3 aromatic heterocycles. The number of carbonyl (C=O) groups is 1. The van der Waals surface area contributed by atoms with E-state index < -0.39 is 11.9 Å².